The van der Waals surface area contributed by atoms with Gasteiger partial charge in [-0.05, 0) is 84.9 Å². The molecule has 0 amide bonds. The van der Waals surface area contributed by atoms with Crippen molar-refractivity contribution in [2.45, 2.75) is 59.9 Å². The van der Waals surface area contributed by atoms with Crippen molar-refractivity contribution in [3.8, 4) is 30.4 Å². The van der Waals surface area contributed by atoms with Crippen LogP contribution in [-0.4, -0.2) is 11.2 Å². The molecular formula is C52H53NO. The van der Waals surface area contributed by atoms with Crippen molar-refractivity contribution in [2.24, 2.45) is 0 Å². The number of benzene rings is 7. The minimum Gasteiger partial charge on any atom is -0.481 e. The van der Waals surface area contributed by atoms with Gasteiger partial charge in [0.25, 0.3) is 0 Å². The van der Waals surface area contributed by atoms with Crippen molar-refractivity contribution in [1.82, 2.24) is 4.57 Å². The fourth-order valence-electron chi connectivity index (χ4n) is 6.27. The van der Waals surface area contributed by atoms with Crippen LogP contribution >= 0.6 is 0 Å². The average molecular weight is 708 g/mol. The second-order valence-corrected chi connectivity index (χ2v) is 13.2. The molecule has 0 aliphatic rings. The molecule has 0 radical (unpaired) electrons. The zero-order chi connectivity index (χ0) is 38.7. The summed E-state index contributed by atoms with van der Waals surface area (Å²) in [5.41, 5.74) is 4.09. The first-order valence-electron chi connectivity index (χ1n) is 18.9. The molecule has 0 unspecified atom stereocenters. The summed E-state index contributed by atoms with van der Waals surface area (Å²) in [6.07, 6.45) is 12.4. The van der Waals surface area contributed by atoms with Gasteiger partial charge in [0.2, 0.25) is 0 Å². The topological polar surface area (TPSA) is 14.2 Å². The van der Waals surface area contributed by atoms with Crippen LogP contribution < -0.4 is 4.74 Å². The Hall–Kier alpha value is -6.22. The molecule has 0 fully saturated rings. The maximum Gasteiger partial charge on any atom is 0.148 e. The molecule has 272 valence electrons. The molecule has 0 aliphatic carbocycles. The molecule has 0 saturated heterocycles. The van der Waals surface area contributed by atoms with E-state index in [4.69, 9.17) is 17.6 Å². The highest BCUT2D eigenvalue weighted by molar-refractivity contribution is 5.87. The highest BCUT2D eigenvalue weighted by atomic mass is 16.5. The van der Waals surface area contributed by atoms with Crippen LogP contribution in [0.5, 0.6) is 5.75 Å². The van der Waals surface area contributed by atoms with Crippen LogP contribution in [0.4, 0.5) is 0 Å². The van der Waals surface area contributed by atoms with Crippen molar-refractivity contribution in [3.05, 3.63) is 175 Å². The van der Waals surface area contributed by atoms with Crippen molar-refractivity contribution in [3.63, 3.8) is 0 Å². The van der Waals surface area contributed by atoms with E-state index in [1.54, 1.807) is 0 Å². The van der Waals surface area contributed by atoms with E-state index in [0.29, 0.717) is 25.0 Å². The van der Waals surface area contributed by atoms with E-state index >= 15 is 0 Å². The average Bonchev–Trinajstić information content (AvgIpc) is 3.63. The predicted molar refractivity (Wildman–Crippen MR) is 236 cm³/mol. The van der Waals surface area contributed by atoms with E-state index in [1.807, 2.05) is 62.5 Å². The molecule has 7 aromatic carbocycles. The second-order valence-electron chi connectivity index (χ2n) is 13.2. The maximum absolute atomic E-state index is 5.33. The Morgan fingerprint density at radius 3 is 1.52 bits per heavy atom. The Morgan fingerprint density at radius 1 is 0.500 bits per heavy atom. The lowest BCUT2D eigenvalue weighted by atomic mass is 9.96. The molecule has 54 heavy (non-hydrogen) atoms. The molecule has 2 nitrogen and oxygen atoms in total. The first-order chi connectivity index (χ1) is 26.4. The summed E-state index contributed by atoms with van der Waals surface area (Å²) in [4.78, 5) is 0. The third kappa shape index (κ3) is 11.1. The van der Waals surface area contributed by atoms with E-state index in [-0.39, 0.29) is 0 Å². The number of para-hydroxylation sites is 1. The van der Waals surface area contributed by atoms with E-state index in [9.17, 15) is 0 Å². The molecule has 0 atom stereocenters. The van der Waals surface area contributed by atoms with Gasteiger partial charge in [-0.2, -0.15) is 0 Å². The first-order valence-corrected chi connectivity index (χ1v) is 18.9. The third-order valence-corrected chi connectivity index (χ3v) is 8.88. The number of fused-ring (bicyclic) bond motifs is 4. The van der Waals surface area contributed by atoms with Crippen molar-refractivity contribution >= 4 is 43.2 Å². The van der Waals surface area contributed by atoms with Crippen LogP contribution in [0.25, 0.3) is 43.2 Å². The summed E-state index contributed by atoms with van der Waals surface area (Å²) < 4.78 is 7.39. The zero-order valence-electron chi connectivity index (χ0n) is 32.7. The molecule has 0 saturated carbocycles. The molecule has 0 spiro atoms. The van der Waals surface area contributed by atoms with Crippen LogP contribution in [0, 0.1) is 24.7 Å². The summed E-state index contributed by atoms with van der Waals surface area (Å²) in [7, 11) is 0. The summed E-state index contributed by atoms with van der Waals surface area (Å²) in [5, 5.41) is 9.08. The molecular weight excluding hydrogens is 655 g/mol. The molecule has 8 aromatic rings. The van der Waals surface area contributed by atoms with Gasteiger partial charge in [-0.1, -0.05) is 187 Å². The molecule has 0 N–H and O–H groups in total. The Morgan fingerprint density at radius 2 is 0.981 bits per heavy atom. The van der Waals surface area contributed by atoms with Gasteiger partial charge in [0.15, 0.2) is 0 Å². The Bertz CT molecular complexity index is 2340. The lowest BCUT2D eigenvalue weighted by molar-refractivity contribution is 0.371. The van der Waals surface area contributed by atoms with Gasteiger partial charge in [-0.15, -0.1) is 12.8 Å². The second kappa shape index (κ2) is 21.3. The van der Waals surface area contributed by atoms with E-state index in [0.717, 1.165) is 5.75 Å². The SMILES string of the molecule is C#CCOc1ccc2ccccc2c1.C#CCn1ccc2ccccc21.CC.CC(C)c1cccc2ccccc12.CC(C)c1cccc2ccccc12. The summed E-state index contributed by atoms with van der Waals surface area (Å²) in [5.74, 6) is 7.09. The molecule has 0 bridgehead atoms. The Balaban J connectivity index is 0.000000158. The third-order valence-electron chi connectivity index (χ3n) is 8.88. The molecule has 0 aliphatic heterocycles. The fourth-order valence-corrected chi connectivity index (χ4v) is 6.27. The number of terminal acetylenes is 2. The zero-order valence-corrected chi connectivity index (χ0v) is 32.7. The number of rotatable bonds is 5. The van der Waals surface area contributed by atoms with E-state index < -0.39 is 0 Å². The molecule has 8 rings (SSSR count). The van der Waals surface area contributed by atoms with Gasteiger partial charge >= 0.3 is 0 Å². The summed E-state index contributed by atoms with van der Waals surface area (Å²) in [6.45, 7) is 13.9. The smallest absolute Gasteiger partial charge is 0.148 e. The van der Waals surface area contributed by atoms with E-state index in [2.05, 4.69) is 159 Å². The number of hydrogen-bond acceptors (Lipinski definition) is 1. The fraction of sp³-hybridized carbons (Fsp3) is 0.192. The van der Waals surface area contributed by atoms with Gasteiger partial charge in [0.1, 0.15) is 12.4 Å². The van der Waals surface area contributed by atoms with Crippen LogP contribution in [0.3, 0.4) is 0 Å². The minimum absolute atomic E-state index is 0.318. The van der Waals surface area contributed by atoms with Gasteiger partial charge < -0.3 is 9.30 Å². The Kier molecular flexibility index (Phi) is 16.0. The minimum atomic E-state index is 0.318. The van der Waals surface area contributed by atoms with Crippen LogP contribution in [-0.2, 0) is 6.54 Å². The van der Waals surface area contributed by atoms with Crippen LogP contribution in [0.2, 0.25) is 0 Å². The predicted octanol–water partition coefficient (Wildman–Crippen LogP) is 14.1. The highest BCUT2D eigenvalue weighted by Gasteiger charge is 2.04. The molecule has 2 heteroatoms. The van der Waals surface area contributed by atoms with Gasteiger partial charge in [0.05, 0.1) is 6.54 Å². The van der Waals surface area contributed by atoms with Gasteiger partial charge in [-0.3, -0.25) is 0 Å². The standard InChI is InChI=1S/C13H10O.2C13H14.C11H9N.C2H6/c1-2-9-14-13-8-7-11-5-3-4-6-12(11)10-13;2*1-10(2)12-9-5-7-11-6-3-4-8-13(11)12;1-2-8-12-9-7-10-5-3-4-6-11(10)12;1-2/h1,3-8,10H,9H2;2*3-10H,1-2H3;1,3-7,9H,8H2;1-2H3. The van der Waals surface area contributed by atoms with Gasteiger partial charge in [0, 0.05) is 11.7 Å². The molecule has 1 heterocycles. The van der Waals surface area contributed by atoms with Crippen LogP contribution in [0.15, 0.2) is 164 Å². The van der Waals surface area contributed by atoms with Crippen molar-refractivity contribution in [1.29, 1.82) is 0 Å². The van der Waals surface area contributed by atoms with Crippen molar-refractivity contribution < 1.29 is 4.74 Å². The molecule has 1 aromatic heterocycles. The first kappa shape index (κ1) is 40.5. The quantitative estimate of drug-likeness (QED) is 0.162. The Labute approximate surface area is 323 Å². The highest BCUT2D eigenvalue weighted by Crippen LogP contribution is 2.26. The lowest BCUT2D eigenvalue weighted by Crippen LogP contribution is -1.92. The lowest BCUT2D eigenvalue weighted by Gasteiger charge is -2.08. The summed E-state index contributed by atoms with van der Waals surface area (Å²) >= 11 is 0. The number of ether oxygens (including phenoxy) is 1. The monoisotopic (exact) mass is 707 g/mol. The van der Waals surface area contributed by atoms with Crippen LogP contribution in [0.1, 0.15) is 64.5 Å². The normalized spacial score (nSPS) is 10.1. The van der Waals surface area contributed by atoms with Crippen molar-refractivity contribution in [2.75, 3.05) is 6.61 Å². The number of hydrogen-bond donors (Lipinski definition) is 0. The summed E-state index contributed by atoms with van der Waals surface area (Å²) in [6, 6.07) is 54.6. The number of nitrogens with zero attached hydrogens (tertiary/aromatic N) is 1. The largest absolute Gasteiger partial charge is 0.481 e. The van der Waals surface area contributed by atoms with E-state index in [1.165, 1.54) is 54.3 Å². The maximum atomic E-state index is 5.33. The van der Waals surface area contributed by atoms with Gasteiger partial charge in [-0.25, -0.2) is 0 Å². The number of aromatic nitrogens is 1.